The Morgan fingerprint density at radius 2 is 1.95 bits per heavy atom. The maximum Gasteiger partial charge on any atom is 0.128 e. The zero-order valence-corrected chi connectivity index (χ0v) is 13.7. The van der Waals surface area contributed by atoms with Crippen molar-refractivity contribution in [3.63, 3.8) is 0 Å². The molecule has 1 aromatic rings. The van der Waals surface area contributed by atoms with Gasteiger partial charge in [-0.25, -0.2) is 4.98 Å². The Bertz CT molecular complexity index is 437. The van der Waals surface area contributed by atoms with Crippen LogP contribution in [0.3, 0.4) is 0 Å². The Morgan fingerprint density at radius 3 is 2.55 bits per heavy atom. The largest absolute Gasteiger partial charge is 0.356 e. The number of hydrogen-bond donors (Lipinski definition) is 1. The first-order valence-corrected chi connectivity index (χ1v) is 7.96. The molecule has 0 radical (unpaired) electrons. The highest BCUT2D eigenvalue weighted by Crippen LogP contribution is 2.28. The highest BCUT2D eigenvalue weighted by molar-refractivity contribution is 6.31. The summed E-state index contributed by atoms with van der Waals surface area (Å²) in [7, 11) is 0. The van der Waals surface area contributed by atoms with E-state index in [0.717, 1.165) is 54.5 Å². The second-order valence-electron chi connectivity index (χ2n) is 6.48. The molecule has 1 N–H and O–H groups in total. The SMILES string of the molecule is CC(C)CNCc1nc(N2CC(C)C(C)C2)ccc1Cl. The monoisotopic (exact) mass is 295 g/mol. The van der Waals surface area contributed by atoms with Crippen molar-refractivity contribution in [1.29, 1.82) is 0 Å². The molecule has 0 amide bonds. The lowest BCUT2D eigenvalue weighted by atomic mass is 10.0. The molecule has 1 saturated heterocycles. The average molecular weight is 296 g/mol. The summed E-state index contributed by atoms with van der Waals surface area (Å²) in [6.45, 7) is 12.9. The standard InChI is InChI=1S/C16H26ClN3/c1-11(2)7-18-8-15-14(17)5-6-16(19-15)20-9-12(3)13(4)10-20/h5-6,11-13,18H,7-10H2,1-4H3. The number of anilines is 1. The minimum Gasteiger partial charge on any atom is -0.356 e. The third kappa shape index (κ3) is 3.86. The first-order chi connectivity index (χ1) is 9.47. The third-order valence-corrected chi connectivity index (χ3v) is 4.41. The lowest BCUT2D eigenvalue weighted by Gasteiger charge is -2.18. The summed E-state index contributed by atoms with van der Waals surface area (Å²) in [6, 6.07) is 4.02. The summed E-state index contributed by atoms with van der Waals surface area (Å²) in [4.78, 5) is 7.12. The van der Waals surface area contributed by atoms with E-state index in [1.165, 1.54) is 0 Å². The summed E-state index contributed by atoms with van der Waals surface area (Å²) < 4.78 is 0. The molecule has 20 heavy (non-hydrogen) atoms. The molecule has 1 aliphatic heterocycles. The number of nitrogens with zero attached hydrogens (tertiary/aromatic N) is 2. The Hall–Kier alpha value is -0.800. The van der Waals surface area contributed by atoms with Crippen molar-refractivity contribution in [2.24, 2.45) is 17.8 Å². The van der Waals surface area contributed by atoms with Gasteiger partial charge in [-0.3, -0.25) is 0 Å². The lowest BCUT2D eigenvalue weighted by molar-refractivity contribution is 0.494. The van der Waals surface area contributed by atoms with Gasteiger partial charge in [0.05, 0.1) is 10.7 Å². The van der Waals surface area contributed by atoms with E-state index in [9.17, 15) is 0 Å². The van der Waals surface area contributed by atoms with Crippen LogP contribution in [0, 0.1) is 17.8 Å². The summed E-state index contributed by atoms with van der Waals surface area (Å²) in [6.07, 6.45) is 0. The van der Waals surface area contributed by atoms with Gasteiger partial charge >= 0.3 is 0 Å². The molecule has 0 bridgehead atoms. The topological polar surface area (TPSA) is 28.2 Å². The third-order valence-electron chi connectivity index (χ3n) is 4.06. The molecule has 0 spiro atoms. The fourth-order valence-corrected chi connectivity index (χ4v) is 2.74. The first-order valence-electron chi connectivity index (χ1n) is 7.58. The number of nitrogens with one attached hydrogen (secondary N) is 1. The number of pyridine rings is 1. The van der Waals surface area contributed by atoms with Gasteiger partial charge in [0, 0.05) is 19.6 Å². The highest BCUT2D eigenvalue weighted by Gasteiger charge is 2.27. The molecule has 0 aromatic carbocycles. The van der Waals surface area contributed by atoms with Gasteiger partial charge in [-0.05, 0) is 36.4 Å². The predicted molar refractivity (Wildman–Crippen MR) is 86.3 cm³/mol. The Kier molecular flexibility index (Phi) is 5.28. The zero-order chi connectivity index (χ0) is 14.7. The normalized spacial score (nSPS) is 22.8. The van der Waals surface area contributed by atoms with Crippen LogP contribution in [0.1, 0.15) is 33.4 Å². The van der Waals surface area contributed by atoms with Gasteiger partial charge in [0.15, 0.2) is 0 Å². The molecular weight excluding hydrogens is 270 g/mol. The predicted octanol–water partition coefficient (Wildman–Crippen LogP) is 3.57. The van der Waals surface area contributed by atoms with Gasteiger partial charge in [-0.1, -0.05) is 39.3 Å². The lowest BCUT2D eigenvalue weighted by Crippen LogP contribution is -2.23. The van der Waals surface area contributed by atoms with Crippen LogP contribution < -0.4 is 10.2 Å². The molecule has 4 heteroatoms. The molecule has 0 saturated carbocycles. The van der Waals surface area contributed by atoms with Crippen LogP contribution >= 0.6 is 11.6 Å². The van der Waals surface area contributed by atoms with E-state index >= 15 is 0 Å². The smallest absolute Gasteiger partial charge is 0.128 e. The zero-order valence-electron chi connectivity index (χ0n) is 13.0. The van der Waals surface area contributed by atoms with Crippen molar-refractivity contribution in [2.45, 2.75) is 34.2 Å². The summed E-state index contributed by atoms with van der Waals surface area (Å²) in [5, 5.41) is 4.17. The van der Waals surface area contributed by atoms with Gasteiger partial charge in [0.25, 0.3) is 0 Å². The molecule has 112 valence electrons. The summed E-state index contributed by atoms with van der Waals surface area (Å²) in [5.74, 6) is 3.16. The van der Waals surface area contributed by atoms with E-state index in [1.807, 2.05) is 12.1 Å². The van der Waals surface area contributed by atoms with Crippen molar-refractivity contribution in [3.8, 4) is 0 Å². The second kappa shape index (κ2) is 6.77. The van der Waals surface area contributed by atoms with Crippen LogP contribution in [0.5, 0.6) is 0 Å². The number of hydrogen-bond acceptors (Lipinski definition) is 3. The van der Waals surface area contributed by atoms with E-state index < -0.39 is 0 Å². The quantitative estimate of drug-likeness (QED) is 0.900. The molecule has 1 aromatic heterocycles. The summed E-state index contributed by atoms with van der Waals surface area (Å²) in [5.41, 5.74) is 0.956. The van der Waals surface area contributed by atoms with Crippen molar-refractivity contribution < 1.29 is 0 Å². The van der Waals surface area contributed by atoms with E-state index in [2.05, 4.69) is 37.9 Å². The van der Waals surface area contributed by atoms with Crippen LogP contribution in [-0.4, -0.2) is 24.6 Å². The van der Waals surface area contributed by atoms with Gasteiger partial charge in [-0.15, -0.1) is 0 Å². The minimum absolute atomic E-state index is 0.636. The molecule has 3 nitrogen and oxygen atoms in total. The fraction of sp³-hybridized carbons (Fsp3) is 0.688. The van der Waals surface area contributed by atoms with Crippen molar-refractivity contribution in [2.75, 3.05) is 24.5 Å². The number of rotatable bonds is 5. The Labute approximate surface area is 127 Å². The fourth-order valence-electron chi connectivity index (χ4n) is 2.57. The van der Waals surface area contributed by atoms with Crippen molar-refractivity contribution in [1.82, 2.24) is 10.3 Å². The molecule has 2 heterocycles. The molecule has 0 aliphatic carbocycles. The minimum atomic E-state index is 0.636. The van der Waals surface area contributed by atoms with E-state index in [1.54, 1.807) is 0 Å². The van der Waals surface area contributed by atoms with Crippen LogP contribution in [0.4, 0.5) is 5.82 Å². The Balaban J connectivity index is 2.04. The van der Waals surface area contributed by atoms with E-state index in [-0.39, 0.29) is 0 Å². The van der Waals surface area contributed by atoms with Crippen LogP contribution in [0.2, 0.25) is 5.02 Å². The maximum absolute atomic E-state index is 6.25. The molecular formula is C16H26ClN3. The average Bonchev–Trinajstić information content (AvgIpc) is 2.71. The Morgan fingerprint density at radius 1 is 1.30 bits per heavy atom. The van der Waals surface area contributed by atoms with Crippen molar-refractivity contribution in [3.05, 3.63) is 22.8 Å². The molecule has 2 atom stereocenters. The number of aromatic nitrogens is 1. The maximum atomic E-state index is 6.25. The van der Waals surface area contributed by atoms with Gasteiger partial charge in [0.1, 0.15) is 5.82 Å². The number of halogens is 1. The van der Waals surface area contributed by atoms with Crippen LogP contribution in [-0.2, 0) is 6.54 Å². The van der Waals surface area contributed by atoms with Crippen LogP contribution in [0.25, 0.3) is 0 Å². The molecule has 2 rings (SSSR count). The van der Waals surface area contributed by atoms with Gasteiger partial charge < -0.3 is 10.2 Å². The van der Waals surface area contributed by atoms with Gasteiger partial charge in [0.2, 0.25) is 0 Å². The molecule has 1 fully saturated rings. The second-order valence-corrected chi connectivity index (χ2v) is 6.89. The summed E-state index contributed by atoms with van der Waals surface area (Å²) >= 11 is 6.25. The van der Waals surface area contributed by atoms with E-state index in [0.29, 0.717) is 5.92 Å². The van der Waals surface area contributed by atoms with Gasteiger partial charge in [-0.2, -0.15) is 0 Å². The van der Waals surface area contributed by atoms with Crippen LogP contribution in [0.15, 0.2) is 12.1 Å². The molecule has 1 aliphatic rings. The van der Waals surface area contributed by atoms with Crippen molar-refractivity contribution >= 4 is 17.4 Å². The molecule has 2 unspecified atom stereocenters. The highest BCUT2D eigenvalue weighted by atomic mass is 35.5. The van der Waals surface area contributed by atoms with E-state index in [4.69, 9.17) is 16.6 Å². The first kappa shape index (κ1) is 15.6.